The van der Waals surface area contributed by atoms with Gasteiger partial charge < -0.3 is 4.57 Å². The molecule has 17 heavy (non-hydrogen) atoms. The van der Waals surface area contributed by atoms with Crippen LogP contribution in [0.15, 0.2) is 39.7 Å². The lowest BCUT2D eigenvalue weighted by atomic mass is 10.2. The minimum absolute atomic E-state index is 0.270. The lowest BCUT2D eigenvalue weighted by Crippen LogP contribution is -2.27. The number of alkyl halides is 3. The van der Waals surface area contributed by atoms with Crippen LogP contribution in [0.1, 0.15) is 0 Å². The molecule has 0 radical (unpaired) electrons. The zero-order chi connectivity index (χ0) is 12.6. The predicted molar refractivity (Wildman–Crippen MR) is 62.0 cm³/mol. The number of hydrogen-bond acceptors (Lipinski definition) is 1. The fraction of sp³-hybridized carbons (Fsp3) is 0.182. The standard InChI is InChI=1S/C11H7BrF3NO/c12-9-3-1-2-8-7(9)4-5-16(10(8)17)6-11(13,14)15/h1-5H,6H2. The Balaban J connectivity index is 2.63. The minimum Gasteiger partial charge on any atom is -0.306 e. The van der Waals surface area contributed by atoms with E-state index in [1.165, 1.54) is 12.1 Å². The molecule has 0 atom stereocenters. The molecule has 0 amide bonds. The van der Waals surface area contributed by atoms with Crippen LogP contribution >= 0.6 is 15.9 Å². The largest absolute Gasteiger partial charge is 0.406 e. The van der Waals surface area contributed by atoms with Crippen molar-refractivity contribution in [3.05, 3.63) is 45.3 Å². The van der Waals surface area contributed by atoms with Crippen LogP contribution in [0, 0.1) is 0 Å². The van der Waals surface area contributed by atoms with Gasteiger partial charge in [-0.2, -0.15) is 13.2 Å². The molecule has 0 unspecified atom stereocenters. The number of rotatable bonds is 1. The molecule has 0 aliphatic rings. The Morgan fingerprint density at radius 2 is 1.88 bits per heavy atom. The summed E-state index contributed by atoms with van der Waals surface area (Å²) in [5, 5.41) is 0.877. The molecule has 0 aliphatic heterocycles. The summed E-state index contributed by atoms with van der Waals surface area (Å²) in [5.74, 6) is 0. The SMILES string of the molecule is O=c1c2cccc(Br)c2ccn1CC(F)(F)F. The highest BCUT2D eigenvalue weighted by molar-refractivity contribution is 9.10. The molecule has 1 aromatic carbocycles. The Kier molecular flexibility index (Phi) is 2.99. The molecule has 0 saturated heterocycles. The number of nitrogens with zero attached hydrogens (tertiary/aromatic N) is 1. The van der Waals surface area contributed by atoms with Gasteiger partial charge >= 0.3 is 6.18 Å². The smallest absolute Gasteiger partial charge is 0.306 e. The zero-order valence-electron chi connectivity index (χ0n) is 8.46. The molecule has 6 heteroatoms. The molecule has 1 aromatic heterocycles. The Morgan fingerprint density at radius 1 is 1.18 bits per heavy atom. The number of fused-ring (bicyclic) bond motifs is 1. The summed E-state index contributed by atoms with van der Waals surface area (Å²) < 4.78 is 38.0. The third-order valence-corrected chi connectivity index (χ3v) is 3.01. The van der Waals surface area contributed by atoms with Crippen molar-refractivity contribution in [2.75, 3.05) is 0 Å². The maximum absolute atomic E-state index is 12.2. The molecule has 0 fully saturated rings. The highest BCUT2D eigenvalue weighted by Gasteiger charge is 2.28. The van der Waals surface area contributed by atoms with Crippen LogP contribution < -0.4 is 5.56 Å². The molecule has 90 valence electrons. The zero-order valence-corrected chi connectivity index (χ0v) is 10.0. The second-order valence-electron chi connectivity index (χ2n) is 3.57. The molecule has 2 aromatic rings. The van der Waals surface area contributed by atoms with Gasteiger partial charge in [0.1, 0.15) is 6.54 Å². The van der Waals surface area contributed by atoms with Gasteiger partial charge in [-0.15, -0.1) is 0 Å². The van der Waals surface area contributed by atoms with E-state index in [-0.39, 0.29) is 5.39 Å². The van der Waals surface area contributed by atoms with E-state index in [9.17, 15) is 18.0 Å². The third kappa shape index (κ3) is 2.52. The first-order valence-corrected chi connectivity index (χ1v) is 5.52. The Bertz CT molecular complexity index is 618. The summed E-state index contributed by atoms with van der Waals surface area (Å²) in [5.41, 5.74) is -0.638. The van der Waals surface area contributed by atoms with E-state index in [4.69, 9.17) is 0 Å². The second-order valence-corrected chi connectivity index (χ2v) is 4.42. The van der Waals surface area contributed by atoms with E-state index >= 15 is 0 Å². The molecular formula is C11H7BrF3NO. The van der Waals surface area contributed by atoms with Crippen molar-refractivity contribution in [3.8, 4) is 0 Å². The van der Waals surface area contributed by atoms with Crippen molar-refractivity contribution in [2.24, 2.45) is 0 Å². The van der Waals surface area contributed by atoms with E-state index in [2.05, 4.69) is 15.9 Å². The molecule has 0 bridgehead atoms. The average Bonchev–Trinajstić information content (AvgIpc) is 2.21. The quantitative estimate of drug-likeness (QED) is 0.792. The molecule has 0 aliphatic carbocycles. The minimum atomic E-state index is -4.40. The predicted octanol–water partition coefficient (Wildman–Crippen LogP) is 3.33. The van der Waals surface area contributed by atoms with Gasteiger partial charge in [-0.25, -0.2) is 0 Å². The van der Waals surface area contributed by atoms with Crippen molar-refractivity contribution in [1.82, 2.24) is 4.57 Å². The number of halogens is 4. The fourth-order valence-corrected chi connectivity index (χ4v) is 2.10. The lowest BCUT2D eigenvalue weighted by Gasteiger charge is -2.10. The first-order chi connectivity index (χ1) is 7.88. The maximum atomic E-state index is 12.2. The normalized spacial score (nSPS) is 12.0. The summed E-state index contributed by atoms with van der Waals surface area (Å²) in [6.45, 7) is -1.27. The molecule has 0 N–H and O–H groups in total. The topological polar surface area (TPSA) is 22.0 Å². The van der Waals surface area contributed by atoms with Crippen LogP contribution in [0.25, 0.3) is 10.8 Å². The fourth-order valence-electron chi connectivity index (χ4n) is 1.60. The van der Waals surface area contributed by atoms with Crippen molar-refractivity contribution >= 4 is 26.7 Å². The molecule has 2 rings (SSSR count). The van der Waals surface area contributed by atoms with E-state index in [1.54, 1.807) is 12.1 Å². The number of hydrogen-bond donors (Lipinski definition) is 0. The van der Waals surface area contributed by atoms with Gasteiger partial charge in [-0.05, 0) is 18.2 Å². The van der Waals surface area contributed by atoms with E-state index < -0.39 is 18.3 Å². The average molecular weight is 306 g/mol. The molecule has 2 nitrogen and oxygen atoms in total. The number of benzene rings is 1. The first-order valence-electron chi connectivity index (χ1n) is 4.73. The molecule has 1 heterocycles. The van der Waals surface area contributed by atoms with E-state index in [0.29, 0.717) is 14.4 Å². The Morgan fingerprint density at radius 3 is 2.53 bits per heavy atom. The van der Waals surface area contributed by atoms with Gasteiger partial charge in [0.05, 0.1) is 0 Å². The van der Waals surface area contributed by atoms with Gasteiger partial charge in [0.25, 0.3) is 5.56 Å². The van der Waals surface area contributed by atoms with Crippen LogP contribution in [0.5, 0.6) is 0 Å². The number of pyridine rings is 1. The lowest BCUT2D eigenvalue weighted by molar-refractivity contribution is -0.141. The third-order valence-electron chi connectivity index (χ3n) is 2.31. The van der Waals surface area contributed by atoms with Crippen molar-refractivity contribution in [1.29, 1.82) is 0 Å². The van der Waals surface area contributed by atoms with Gasteiger partial charge in [-0.3, -0.25) is 4.79 Å². The monoisotopic (exact) mass is 305 g/mol. The van der Waals surface area contributed by atoms with Gasteiger partial charge in [0, 0.05) is 21.4 Å². The van der Waals surface area contributed by atoms with Crippen LogP contribution in [0.3, 0.4) is 0 Å². The summed E-state index contributed by atoms with van der Waals surface area (Å²) in [7, 11) is 0. The van der Waals surface area contributed by atoms with Crippen LogP contribution in [-0.2, 0) is 6.54 Å². The number of aromatic nitrogens is 1. The molecular weight excluding hydrogens is 299 g/mol. The van der Waals surface area contributed by atoms with Crippen molar-refractivity contribution < 1.29 is 13.2 Å². The molecule has 0 spiro atoms. The van der Waals surface area contributed by atoms with E-state index in [0.717, 1.165) is 6.20 Å². The summed E-state index contributed by atoms with van der Waals surface area (Å²) in [4.78, 5) is 11.8. The Hall–Kier alpha value is -1.30. The summed E-state index contributed by atoms with van der Waals surface area (Å²) in [6.07, 6.45) is -3.24. The van der Waals surface area contributed by atoms with Crippen LogP contribution in [-0.4, -0.2) is 10.7 Å². The van der Waals surface area contributed by atoms with E-state index in [1.807, 2.05) is 0 Å². The molecule has 0 saturated carbocycles. The highest BCUT2D eigenvalue weighted by atomic mass is 79.9. The first kappa shape index (κ1) is 12.2. The highest BCUT2D eigenvalue weighted by Crippen LogP contribution is 2.22. The van der Waals surface area contributed by atoms with Crippen molar-refractivity contribution in [3.63, 3.8) is 0 Å². The summed E-state index contributed by atoms with van der Waals surface area (Å²) in [6, 6.07) is 6.35. The Labute approximate surface area is 103 Å². The summed E-state index contributed by atoms with van der Waals surface area (Å²) >= 11 is 3.25. The van der Waals surface area contributed by atoms with Gasteiger partial charge in [0.15, 0.2) is 0 Å². The van der Waals surface area contributed by atoms with Crippen LogP contribution in [0.4, 0.5) is 13.2 Å². The van der Waals surface area contributed by atoms with Crippen LogP contribution in [0.2, 0.25) is 0 Å². The van der Waals surface area contributed by atoms with Gasteiger partial charge in [0.2, 0.25) is 0 Å². The maximum Gasteiger partial charge on any atom is 0.406 e. The van der Waals surface area contributed by atoms with Gasteiger partial charge in [-0.1, -0.05) is 22.0 Å². The van der Waals surface area contributed by atoms with Crippen molar-refractivity contribution in [2.45, 2.75) is 12.7 Å². The second kappa shape index (κ2) is 4.18.